The summed E-state index contributed by atoms with van der Waals surface area (Å²) in [6, 6.07) is 7.12. The van der Waals surface area contributed by atoms with E-state index in [9.17, 15) is 13.2 Å². The monoisotopic (exact) mass is 380 g/mol. The number of nitrogens with one attached hydrogen (secondary N) is 2. The Labute approximate surface area is 156 Å². The Balaban J connectivity index is 1.60. The summed E-state index contributed by atoms with van der Waals surface area (Å²) >= 11 is 0. The largest absolute Gasteiger partial charge is 0.330 e. The highest BCUT2D eigenvalue weighted by Gasteiger charge is 2.34. The molecule has 0 atom stereocenters. The lowest BCUT2D eigenvalue weighted by Gasteiger charge is -2.38. The number of hydrogen-bond donors (Lipinski definition) is 2. The van der Waals surface area contributed by atoms with Gasteiger partial charge in [-0.25, -0.2) is 8.42 Å². The molecule has 1 saturated carbocycles. The number of benzene rings is 1. The first-order valence-electron chi connectivity index (χ1n) is 9.58. The normalized spacial score (nSPS) is 25.8. The number of rotatable bonds is 4. The summed E-state index contributed by atoms with van der Waals surface area (Å²) in [5.74, 6) is 0.671. The fourth-order valence-electron chi connectivity index (χ4n) is 4.15. The molecule has 0 spiro atoms. The molecule has 2 aliphatic rings. The van der Waals surface area contributed by atoms with Gasteiger partial charge in [0.05, 0.1) is 37.1 Å². The highest BCUT2D eigenvalue weighted by molar-refractivity contribution is 7.89. The molecule has 0 radical (unpaired) electrons. The zero-order valence-corrected chi connectivity index (χ0v) is 16.5. The molecule has 0 aromatic heterocycles. The SMILES string of the molecule is CC(=O)Nc1ccc(S(=O)(=O)N2CC[NH+](C3CCC(C)CC3)CC2)cc1. The van der Waals surface area contributed by atoms with E-state index < -0.39 is 10.0 Å². The van der Waals surface area contributed by atoms with Gasteiger partial charge in [-0.1, -0.05) is 6.92 Å². The molecule has 144 valence electrons. The molecule has 7 heteroatoms. The molecule has 0 unspecified atom stereocenters. The van der Waals surface area contributed by atoms with Crippen molar-refractivity contribution in [2.45, 2.75) is 50.5 Å². The first-order chi connectivity index (χ1) is 12.4. The van der Waals surface area contributed by atoms with Crippen LogP contribution in [0.15, 0.2) is 29.2 Å². The topological polar surface area (TPSA) is 70.9 Å². The molecular formula is C19H30N3O3S+. The van der Waals surface area contributed by atoms with E-state index in [1.54, 1.807) is 33.5 Å². The molecule has 1 saturated heterocycles. The summed E-state index contributed by atoms with van der Waals surface area (Å²) < 4.78 is 27.4. The zero-order valence-electron chi connectivity index (χ0n) is 15.7. The first-order valence-corrected chi connectivity index (χ1v) is 11.0. The second kappa shape index (κ2) is 8.06. The van der Waals surface area contributed by atoms with Gasteiger partial charge in [0.2, 0.25) is 15.9 Å². The van der Waals surface area contributed by atoms with Crippen LogP contribution in [0.5, 0.6) is 0 Å². The van der Waals surface area contributed by atoms with E-state index >= 15 is 0 Å². The summed E-state index contributed by atoms with van der Waals surface area (Å²) in [4.78, 5) is 12.9. The molecule has 6 nitrogen and oxygen atoms in total. The van der Waals surface area contributed by atoms with E-state index in [4.69, 9.17) is 0 Å². The van der Waals surface area contributed by atoms with Gasteiger partial charge >= 0.3 is 0 Å². The van der Waals surface area contributed by atoms with Crippen molar-refractivity contribution in [1.29, 1.82) is 0 Å². The lowest BCUT2D eigenvalue weighted by atomic mass is 9.86. The molecule has 1 aromatic rings. The molecule has 2 N–H and O–H groups in total. The molecular weight excluding hydrogens is 350 g/mol. The van der Waals surface area contributed by atoms with Crippen LogP contribution in [-0.4, -0.2) is 50.9 Å². The van der Waals surface area contributed by atoms with Crippen LogP contribution in [0.25, 0.3) is 0 Å². The van der Waals surface area contributed by atoms with E-state index in [1.807, 2.05) is 0 Å². The lowest BCUT2D eigenvalue weighted by molar-refractivity contribution is -0.930. The van der Waals surface area contributed by atoms with Crippen LogP contribution in [0, 0.1) is 5.92 Å². The Bertz CT molecular complexity index is 717. The van der Waals surface area contributed by atoms with Crippen LogP contribution in [0.4, 0.5) is 5.69 Å². The van der Waals surface area contributed by atoms with Crippen molar-refractivity contribution >= 4 is 21.6 Å². The van der Waals surface area contributed by atoms with E-state index in [2.05, 4.69) is 12.2 Å². The first kappa shape index (κ1) is 19.3. The van der Waals surface area contributed by atoms with Crippen molar-refractivity contribution in [2.24, 2.45) is 5.92 Å². The van der Waals surface area contributed by atoms with Crippen LogP contribution in [-0.2, 0) is 14.8 Å². The summed E-state index contributed by atoms with van der Waals surface area (Å²) in [5, 5.41) is 2.66. The van der Waals surface area contributed by atoms with Crippen molar-refractivity contribution in [3.63, 3.8) is 0 Å². The summed E-state index contributed by atoms with van der Waals surface area (Å²) in [5.41, 5.74) is 0.609. The van der Waals surface area contributed by atoms with Gasteiger partial charge in [-0.15, -0.1) is 0 Å². The van der Waals surface area contributed by atoms with Crippen LogP contribution >= 0.6 is 0 Å². The number of anilines is 1. The van der Waals surface area contributed by atoms with Gasteiger partial charge < -0.3 is 10.2 Å². The maximum atomic E-state index is 12.9. The Kier molecular flexibility index (Phi) is 5.99. The predicted octanol–water partition coefficient (Wildman–Crippen LogP) is 1.11. The number of amides is 1. The average molecular weight is 381 g/mol. The molecule has 3 rings (SSSR count). The maximum absolute atomic E-state index is 12.9. The van der Waals surface area contributed by atoms with Crippen LogP contribution in [0.2, 0.25) is 0 Å². The Hall–Kier alpha value is -1.44. The van der Waals surface area contributed by atoms with Gasteiger partial charge in [0, 0.05) is 12.6 Å². The summed E-state index contributed by atoms with van der Waals surface area (Å²) in [7, 11) is -3.46. The maximum Gasteiger partial charge on any atom is 0.243 e. The summed E-state index contributed by atoms with van der Waals surface area (Å²) in [6.45, 7) is 6.70. The molecule has 1 aromatic carbocycles. The van der Waals surface area contributed by atoms with Gasteiger partial charge in [0.15, 0.2) is 0 Å². The molecule has 2 fully saturated rings. The minimum atomic E-state index is -3.46. The minimum Gasteiger partial charge on any atom is -0.330 e. The van der Waals surface area contributed by atoms with E-state index in [0.29, 0.717) is 29.7 Å². The van der Waals surface area contributed by atoms with Gasteiger partial charge in [-0.3, -0.25) is 4.79 Å². The van der Waals surface area contributed by atoms with Gasteiger partial charge in [-0.05, 0) is 55.9 Å². The number of carbonyl (C=O) groups is 1. The van der Waals surface area contributed by atoms with E-state index in [-0.39, 0.29) is 5.91 Å². The quantitative estimate of drug-likeness (QED) is 0.822. The highest BCUT2D eigenvalue weighted by atomic mass is 32.2. The minimum absolute atomic E-state index is 0.170. The predicted molar refractivity (Wildman–Crippen MR) is 102 cm³/mol. The number of nitrogens with zero attached hydrogens (tertiary/aromatic N) is 1. The van der Waals surface area contributed by atoms with Crippen LogP contribution < -0.4 is 10.2 Å². The number of carbonyl (C=O) groups excluding carboxylic acids is 1. The molecule has 1 heterocycles. The number of sulfonamides is 1. The Morgan fingerprint density at radius 2 is 1.65 bits per heavy atom. The second-order valence-corrected chi connectivity index (χ2v) is 9.66. The van der Waals surface area contributed by atoms with Crippen molar-refractivity contribution in [2.75, 3.05) is 31.5 Å². The van der Waals surface area contributed by atoms with Gasteiger partial charge in [-0.2, -0.15) is 4.31 Å². The second-order valence-electron chi connectivity index (χ2n) is 7.72. The Morgan fingerprint density at radius 3 is 2.19 bits per heavy atom. The number of quaternary nitrogens is 1. The molecule has 1 amide bonds. The van der Waals surface area contributed by atoms with Crippen molar-refractivity contribution < 1.29 is 18.1 Å². The molecule has 1 aliphatic carbocycles. The standard InChI is InChI=1S/C19H29N3O3S/c1-15-3-7-18(8-4-15)21-11-13-22(14-12-21)26(24,25)19-9-5-17(6-10-19)20-16(2)23/h5-6,9-10,15,18H,3-4,7-8,11-14H2,1-2H3,(H,20,23)/p+1. The zero-order chi connectivity index (χ0) is 18.7. The Morgan fingerprint density at radius 1 is 1.08 bits per heavy atom. The van der Waals surface area contributed by atoms with E-state index in [1.165, 1.54) is 32.6 Å². The lowest BCUT2D eigenvalue weighted by Crippen LogP contribution is -3.18. The average Bonchev–Trinajstić information content (AvgIpc) is 2.62. The van der Waals surface area contributed by atoms with E-state index in [0.717, 1.165) is 19.0 Å². The third kappa shape index (κ3) is 4.45. The third-order valence-electron chi connectivity index (χ3n) is 5.77. The number of hydrogen-bond acceptors (Lipinski definition) is 3. The highest BCUT2D eigenvalue weighted by Crippen LogP contribution is 2.23. The van der Waals surface area contributed by atoms with Crippen molar-refractivity contribution in [1.82, 2.24) is 4.31 Å². The van der Waals surface area contributed by atoms with Crippen molar-refractivity contribution in [3.8, 4) is 0 Å². The van der Waals surface area contributed by atoms with Crippen molar-refractivity contribution in [3.05, 3.63) is 24.3 Å². The fourth-order valence-corrected chi connectivity index (χ4v) is 5.59. The third-order valence-corrected chi connectivity index (χ3v) is 7.68. The van der Waals surface area contributed by atoms with Gasteiger partial charge in [0.25, 0.3) is 0 Å². The molecule has 1 aliphatic heterocycles. The van der Waals surface area contributed by atoms with Crippen LogP contribution in [0.1, 0.15) is 39.5 Å². The van der Waals surface area contributed by atoms with Gasteiger partial charge in [0.1, 0.15) is 0 Å². The molecule has 0 bridgehead atoms. The smallest absolute Gasteiger partial charge is 0.243 e. The number of piperazine rings is 1. The summed E-state index contributed by atoms with van der Waals surface area (Å²) in [6.07, 6.45) is 5.15. The molecule has 26 heavy (non-hydrogen) atoms. The fraction of sp³-hybridized carbons (Fsp3) is 0.632. The van der Waals surface area contributed by atoms with Crippen LogP contribution in [0.3, 0.4) is 0 Å².